The van der Waals surface area contributed by atoms with Crippen LogP contribution in [0.25, 0.3) is 0 Å². The Morgan fingerprint density at radius 3 is 2.94 bits per heavy atom. The Kier molecular flexibility index (Phi) is 3.78. The van der Waals surface area contributed by atoms with E-state index in [9.17, 15) is 9.59 Å². The number of hydrogen-bond acceptors (Lipinski definition) is 4. The molecule has 2 rings (SSSR count). The first kappa shape index (κ1) is 12.8. The molecule has 0 unspecified atom stereocenters. The number of aromatic nitrogens is 2. The standard InChI is InChI=1S/C10H8BrN3O3S/c11-7-4-12-10(18-7)13-9(17)6-2-1-3-14(6)5-8(15)16/h1-4H,5H2,(H,15,16)(H,12,13,17). The van der Waals surface area contributed by atoms with Crippen molar-refractivity contribution in [1.29, 1.82) is 0 Å². The average Bonchev–Trinajstić information content (AvgIpc) is 2.87. The van der Waals surface area contributed by atoms with Gasteiger partial charge in [0.05, 0.1) is 9.98 Å². The number of carbonyl (C=O) groups excluding carboxylic acids is 1. The fourth-order valence-corrected chi connectivity index (χ4v) is 2.48. The number of halogens is 1. The molecular formula is C10H8BrN3O3S. The van der Waals surface area contributed by atoms with Crippen molar-refractivity contribution in [2.24, 2.45) is 0 Å². The van der Waals surface area contributed by atoms with Gasteiger partial charge < -0.3 is 9.67 Å². The van der Waals surface area contributed by atoms with Crippen molar-refractivity contribution in [2.75, 3.05) is 5.32 Å². The second-order valence-corrected chi connectivity index (χ2v) is 5.75. The first-order valence-electron chi connectivity index (χ1n) is 4.86. The van der Waals surface area contributed by atoms with Crippen LogP contribution in [0.15, 0.2) is 28.3 Å². The molecule has 8 heteroatoms. The highest BCUT2D eigenvalue weighted by Crippen LogP contribution is 2.23. The first-order valence-corrected chi connectivity index (χ1v) is 6.47. The third-order valence-corrected chi connectivity index (χ3v) is 3.46. The van der Waals surface area contributed by atoms with Crippen LogP contribution in [0.1, 0.15) is 10.5 Å². The topological polar surface area (TPSA) is 84.2 Å². The number of rotatable bonds is 4. The van der Waals surface area contributed by atoms with Gasteiger partial charge in [-0.25, -0.2) is 4.98 Å². The monoisotopic (exact) mass is 329 g/mol. The summed E-state index contributed by atoms with van der Waals surface area (Å²) in [7, 11) is 0. The zero-order valence-corrected chi connectivity index (χ0v) is 11.4. The van der Waals surface area contributed by atoms with Crippen LogP contribution < -0.4 is 5.32 Å². The third-order valence-electron chi connectivity index (χ3n) is 2.07. The van der Waals surface area contributed by atoms with Crippen LogP contribution in [-0.2, 0) is 11.3 Å². The minimum Gasteiger partial charge on any atom is -0.480 e. The highest BCUT2D eigenvalue weighted by molar-refractivity contribution is 9.11. The SMILES string of the molecule is O=C(O)Cn1cccc1C(=O)Nc1ncc(Br)s1. The van der Waals surface area contributed by atoms with Crippen LogP contribution >= 0.6 is 27.3 Å². The van der Waals surface area contributed by atoms with Gasteiger partial charge in [0.25, 0.3) is 5.91 Å². The minimum absolute atomic E-state index is 0.253. The third kappa shape index (κ3) is 2.96. The van der Waals surface area contributed by atoms with Gasteiger partial charge in [-0.1, -0.05) is 11.3 Å². The Morgan fingerprint density at radius 2 is 2.33 bits per heavy atom. The molecular weight excluding hydrogens is 322 g/mol. The number of carboxylic acid groups (broad SMARTS) is 1. The summed E-state index contributed by atoms with van der Waals surface area (Å²) >= 11 is 4.52. The molecule has 18 heavy (non-hydrogen) atoms. The lowest BCUT2D eigenvalue weighted by atomic mass is 10.4. The highest BCUT2D eigenvalue weighted by Gasteiger charge is 2.14. The largest absolute Gasteiger partial charge is 0.480 e. The summed E-state index contributed by atoms with van der Waals surface area (Å²) in [5.74, 6) is -1.39. The lowest BCUT2D eigenvalue weighted by Crippen LogP contribution is -2.19. The quantitative estimate of drug-likeness (QED) is 0.899. The van der Waals surface area contributed by atoms with Crippen molar-refractivity contribution in [1.82, 2.24) is 9.55 Å². The van der Waals surface area contributed by atoms with Crippen LogP contribution in [0.4, 0.5) is 5.13 Å². The lowest BCUT2D eigenvalue weighted by molar-refractivity contribution is -0.137. The van der Waals surface area contributed by atoms with Gasteiger partial charge in [-0.15, -0.1) is 0 Å². The molecule has 2 aromatic heterocycles. The van der Waals surface area contributed by atoms with Gasteiger partial charge in [-0.3, -0.25) is 14.9 Å². The molecule has 0 bridgehead atoms. The molecule has 6 nitrogen and oxygen atoms in total. The maximum Gasteiger partial charge on any atom is 0.323 e. The molecule has 2 aromatic rings. The summed E-state index contributed by atoms with van der Waals surface area (Å²) in [6.45, 7) is -0.253. The van der Waals surface area contributed by atoms with Crippen molar-refractivity contribution in [3.05, 3.63) is 34.0 Å². The maximum absolute atomic E-state index is 11.9. The summed E-state index contributed by atoms with van der Waals surface area (Å²) in [5, 5.41) is 11.8. The fourth-order valence-electron chi connectivity index (χ4n) is 1.38. The van der Waals surface area contributed by atoms with E-state index in [4.69, 9.17) is 5.11 Å². The molecule has 0 saturated heterocycles. The molecule has 0 aromatic carbocycles. The van der Waals surface area contributed by atoms with E-state index >= 15 is 0 Å². The van der Waals surface area contributed by atoms with Crippen LogP contribution in [0.2, 0.25) is 0 Å². The van der Waals surface area contributed by atoms with Gasteiger partial charge in [0.1, 0.15) is 12.2 Å². The second-order valence-electron chi connectivity index (χ2n) is 3.34. The molecule has 2 N–H and O–H groups in total. The molecule has 0 aliphatic heterocycles. The molecule has 2 heterocycles. The number of amides is 1. The molecule has 94 valence electrons. The van der Waals surface area contributed by atoms with Gasteiger partial charge in [0.2, 0.25) is 0 Å². The van der Waals surface area contributed by atoms with Crippen LogP contribution in [0.3, 0.4) is 0 Å². The average molecular weight is 330 g/mol. The molecule has 0 aliphatic rings. The van der Waals surface area contributed by atoms with E-state index in [1.807, 2.05) is 0 Å². The Balaban J connectivity index is 2.14. The number of thiazole rings is 1. The Hall–Kier alpha value is -1.67. The van der Waals surface area contributed by atoms with Crippen LogP contribution in [0.5, 0.6) is 0 Å². The number of aliphatic carboxylic acids is 1. The van der Waals surface area contributed by atoms with E-state index in [0.29, 0.717) is 5.13 Å². The Morgan fingerprint density at radius 1 is 1.56 bits per heavy atom. The van der Waals surface area contributed by atoms with Crippen molar-refractivity contribution in [3.8, 4) is 0 Å². The Labute approximate surface area is 114 Å². The van der Waals surface area contributed by atoms with Crippen LogP contribution in [0, 0.1) is 0 Å². The normalized spacial score (nSPS) is 10.3. The molecule has 0 radical (unpaired) electrons. The summed E-state index contributed by atoms with van der Waals surface area (Å²) in [4.78, 5) is 26.5. The molecule has 0 aliphatic carbocycles. The van der Waals surface area contributed by atoms with Gasteiger partial charge in [-0.2, -0.15) is 0 Å². The molecule has 0 saturated carbocycles. The lowest BCUT2D eigenvalue weighted by Gasteiger charge is -2.05. The van der Waals surface area contributed by atoms with Crippen molar-refractivity contribution in [2.45, 2.75) is 6.54 Å². The van der Waals surface area contributed by atoms with Gasteiger partial charge >= 0.3 is 5.97 Å². The Bertz CT molecular complexity index is 593. The molecule has 0 atom stereocenters. The predicted molar refractivity (Wildman–Crippen MR) is 69.8 cm³/mol. The molecule has 0 spiro atoms. The van der Waals surface area contributed by atoms with E-state index in [1.165, 1.54) is 15.9 Å². The van der Waals surface area contributed by atoms with Crippen molar-refractivity contribution >= 4 is 44.3 Å². The van der Waals surface area contributed by atoms with Crippen molar-refractivity contribution < 1.29 is 14.7 Å². The molecule has 1 amide bonds. The second kappa shape index (κ2) is 5.32. The van der Waals surface area contributed by atoms with Crippen LogP contribution in [-0.4, -0.2) is 26.5 Å². The molecule has 0 fully saturated rings. The van der Waals surface area contributed by atoms with E-state index in [1.54, 1.807) is 24.5 Å². The van der Waals surface area contributed by atoms with E-state index in [2.05, 4.69) is 26.2 Å². The zero-order valence-electron chi connectivity index (χ0n) is 8.96. The van der Waals surface area contributed by atoms with Gasteiger partial charge in [0, 0.05) is 6.20 Å². The number of nitrogens with zero attached hydrogens (tertiary/aromatic N) is 2. The summed E-state index contributed by atoms with van der Waals surface area (Å²) < 4.78 is 2.17. The number of nitrogens with one attached hydrogen (secondary N) is 1. The number of carbonyl (C=O) groups is 2. The summed E-state index contributed by atoms with van der Waals surface area (Å²) in [5.41, 5.74) is 0.281. The smallest absolute Gasteiger partial charge is 0.323 e. The van der Waals surface area contributed by atoms with Gasteiger partial charge in [0.15, 0.2) is 5.13 Å². The number of anilines is 1. The van der Waals surface area contributed by atoms with E-state index in [0.717, 1.165) is 3.79 Å². The summed E-state index contributed by atoms with van der Waals surface area (Å²) in [6.07, 6.45) is 3.12. The maximum atomic E-state index is 11.9. The van der Waals surface area contributed by atoms with Gasteiger partial charge in [-0.05, 0) is 28.1 Å². The fraction of sp³-hybridized carbons (Fsp3) is 0.100. The predicted octanol–water partition coefficient (Wildman–Crippen LogP) is 2.04. The number of hydrogen-bond donors (Lipinski definition) is 2. The van der Waals surface area contributed by atoms with E-state index < -0.39 is 5.97 Å². The van der Waals surface area contributed by atoms with Crippen molar-refractivity contribution in [3.63, 3.8) is 0 Å². The van der Waals surface area contributed by atoms with E-state index in [-0.39, 0.29) is 18.1 Å². The zero-order chi connectivity index (χ0) is 13.1. The highest BCUT2D eigenvalue weighted by atomic mass is 79.9. The minimum atomic E-state index is -1.00. The summed E-state index contributed by atoms with van der Waals surface area (Å²) in [6, 6.07) is 3.18. The number of carboxylic acids is 1. The first-order chi connectivity index (χ1) is 8.56.